The van der Waals surface area contributed by atoms with Crippen molar-refractivity contribution in [1.82, 2.24) is 10.3 Å². The molecule has 3 unspecified atom stereocenters. The molecule has 2 heterocycles. The van der Waals surface area contributed by atoms with E-state index in [-0.39, 0.29) is 0 Å². The van der Waals surface area contributed by atoms with E-state index in [0.717, 1.165) is 18.3 Å². The molecule has 3 heteroatoms. The van der Waals surface area contributed by atoms with Gasteiger partial charge in [0, 0.05) is 23.8 Å². The Bertz CT molecular complexity index is 341. The molecular weight excluding hydrogens is 204 g/mol. The van der Waals surface area contributed by atoms with E-state index in [2.05, 4.69) is 17.6 Å². The van der Waals surface area contributed by atoms with Gasteiger partial charge in [-0.2, -0.15) is 0 Å². The minimum Gasteiger partial charge on any atom is -0.314 e. The summed E-state index contributed by atoms with van der Waals surface area (Å²) in [6.07, 6.45) is 5.15. The van der Waals surface area contributed by atoms with E-state index in [1.54, 1.807) is 0 Å². The fraction of sp³-hybridized carbons (Fsp3) is 0.750. The van der Waals surface area contributed by atoms with Crippen LogP contribution in [0.15, 0.2) is 5.38 Å². The normalized spacial score (nSPS) is 34.6. The van der Waals surface area contributed by atoms with Crippen molar-refractivity contribution < 1.29 is 0 Å². The quantitative estimate of drug-likeness (QED) is 0.850. The first-order chi connectivity index (χ1) is 7.33. The summed E-state index contributed by atoms with van der Waals surface area (Å²) in [7, 11) is 0. The van der Waals surface area contributed by atoms with E-state index < -0.39 is 0 Å². The number of rotatable bonds is 3. The van der Waals surface area contributed by atoms with Crippen molar-refractivity contribution in [1.29, 1.82) is 0 Å². The highest BCUT2D eigenvalue weighted by atomic mass is 32.1. The maximum atomic E-state index is 4.76. The SMILES string of the molecule is CC1CC1c1nc(CC2CCCN2)cs1. The molecule has 82 valence electrons. The van der Waals surface area contributed by atoms with Crippen LogP contribution < -0.4 is 5.32 Å². The Morgan fingerprint density at radius 3 is 3.13 bits per heavy atom. The second-order valence-electron chi connectivity index (χ2n) is 4.99. The largest absolute Gasteiger partial charge is 0.314 e. The second kappa shape index (κ2) is 3.87. The van der Waals surface area contributed by atoms with Gasteiger partial charge >= 0.3 is 0 Å². The van der Waals surface area contributed by atoms with Crippen molar-refractivity contribution in [3.8, 4) is 0 Å². The number of nitrogens with zero attached hydrogens (tertiary/aromatic N) is 1. The van der Waals surface area contributed by atoms with Crippen molar-refractivity contribution in [3.63, 3.8) is 0 Å². The van der Waals surface area contributed by atoms with Crippen molar-refractivity contribution in [2.75, 3.05) is 6.54 Å². The summed E-state index contributed by atoms with van der Waals surface area (Å²) in [6.45, 7) is 3.52. The van der Waals surface area contributed by atoms with Gasteiger partial charge in [-0.1, -0.05) is 6.92 Å². The summed E-state index contributed by atoms with van der Waals surface area (Å²) in [5, 5.41) is 7.18. The lowest BCUT2D eigenvalue weighted by Gasteiger charge is -2.06. The lowest BCUT2D eigenvalue weighted by molar-refractivity contribution is 0.596. The lowest BCUT2D eigenvalue weighted by Crippen LogP contribution is -2.23. The zero-order chi connectivity index (χ0) is 10.3. The van der Waals surface area contributed by atoms with Gasteiger partial charge in [0.2, 0.25) is 0 Å². The molecule has 0 aromatic carbocycles. The monoisotopic (exact) mass is 222 g/mol. The second-order valence-corrected chi connectivity index (χ2v) is 5.88. The van der Waals surface area contributed by atoms with Crippen molar-refractivity contribution >= 4 is 11.3 Å². The predicted molar refractivity (Wildman–Crippen MR) is 63.4 cm³/mol. The first-order valence-corrected chi connectivity index (χ1v) is 6.88. The minimum absolute atomic E-state index is 0.691. The van der Waals surface area contributed by atoms with Gasteiger partial charge < -0.3 is 5.32 Å². The first kappa shape index (κ1) is 9.79. The highest BCUT2D eigenvalue weighted by molar-refractivity contribution is 7.09. The Hall–Kier alpha value is -0.410. The molecule has 1 aliphatic carbocycles. The molecule has 0 amide bonds. The van der Waals surface area contributed by atoms with E-state index in [1.807, 2.05) is 11.3 Å². The number of thiazole rings is 1. The standard InChI is InChI=1S/C12H18N2S/c1-8-5-11(8)12-14-10(7-15-12)6-9-3-2-4-13-9/h7-9,11,13H,2-6H2,1H3. The summed E-state index contributed by atoms with van der Waals surface area (Å²) in [4.78, 5) is 4.76. The number of aromatic nitrogens is 1. The molecule has 1 aromatic heterocycles. The topological polar surface area (TPSA) is 24.9 Å². The van der Waals surface area contributed by atoms with Crippen LogP contribution >= 0.6 is 11.3 Å². The smallest absolute Gasteiger partial charge is 0.0962 e. The van der Waals surface area contributed by atoms with E-state index in [1.165, 1.54) is 36.5 Å². The summed E-state index contributed by atoms with van der Waals surface area (Å²) in [5.74, 6) is 1.67. The maximum Gasteiger partial charge on any atom is 0.0962 e. The fourth-order valence-corrected chi connectivity index (χ4v) is 3.52. The number of hydrogen-bond donors (Lipinski definition) is 1. The van der Waals surface area contributed by atoms with E-state index in [0.29, 0.717) is 6.04 Å². The highest BCUT2D eigenvalue weighted by Crippen LogP contribution is 2.47. The summed E-state index contributed by atoms with van der Waals surface area (Å²) < 4.78 is 0. The molecule has 0 radical (unpaired) electrons. The van der Waals surface area contributed by atoms with Crippen LogP contribution in [-0.4, -0.2) is 17.6 Å². The molecule has 0 spiro atoms. The van der Waals surface area contributed by atoms with Gasteiger partial charge in [-0.15, -0.1) is 11.3 Å². The fourth-order valence-electron chi connectivity index (χ4n) is 2.44. The third kappa shape index (κ3) is 2.08. The molecule has 3 atom stereocenters. The van der Waals surface area contributed by atoms with Crippen molar-refractivity contribution in [2.45, 2.75) is 44.6 Å². The van der Waals surface area contributed by atoms with Crippen LogP contribution in [0.1, 0.15) is 42.8 Å². The first-order valence-electron chi connectivity index (χ1n) is 6.00. The molecular formula is C12H18N2S. The van der Waals surface area contributed by atoms with E-state index >= 15 is 0 Å². The molecule has 0 bridgehead atoms. The van der Waals surface area contributed by atoms with Crippen LogP contribution in [0.5, 0.6) is 0 Å². The van der Waals surface area contributed by atoms with Crippen molar-refractivity contribution in [3.05, 3.63) is 16.1 Å². The van der Waals surface area contributed by atoms with Crippen LogP contribution in [-0.2, 0) is 6.42 Å². The summed E-state index contributed by atoms with van der Waals surface area (Å²) >= 11 is 1.87. The zero-order valence-electron chi connectivity index (χ0n) is 9.20. The third-order valence-electron chi connectivity index (χ3n) is 3.61. The Morgan fingerprint density at radius 2 is 2.47 bits per heavy atom. The van der Waals surface area contributed by atoms with Crippen molar-refractivity contribution in [2.24, 2.45) is 5.92 Å². The average Bonchev–Trinajstić information content (AvgIpc) is 2.74. The molecule has 2 nitrogen and oxygen atoms in total. The highest BCUT2D eigenvalue weighted by Gasteiger charge is 2.36. The molecule has 1 aliphatic heterocycles. The predicted octanol–water partition coefficient (Wildman–Crippen LogP) is 2.56. The summed E-state index contributed by atoms with van der Waals surface area (Å²) in [5.41, 5.74) is 1.31. The summed E-state index contributed by atoms with van der Waals surface area (Å²) in [6, 6.07) is 0.691. The van der Waals surface area contributed by atoms with Gasteiger partial charge in [0.05, 0.1) is 10.7 Å². The van der Waals surface area contributed by atoms with E-state index in [4.69, 9.17) is 4.98 Å². The van der Waals surface area contributed by atoms with Gasteiger partial charge in [0.25, 0.3) is 0 Å². The van der Waals surface area contributed by atoms with Gasteiger partial charge in [-0.05, 0) is 31.7 Å². The van der Waals surface area contributed by atoms with Crippen LogP contribution in [0.2, 0.25) is 0 Å². The van der Waals surface area contributed by atoms with E-state index in [9.17, 15) is 0 Å². The average molecular weight is 222 g/mol. The van der Waals surface area contributed by atoms with Gasteiger partial charge in [0.1, 0.15) is 0 Å². The molecule has 2 aliphatic rings. The van der Waals surface area contributed by atoms with Gasteiger partial charge in [-0.3, -0.25) is 0 Å². The molecule has 15 heavy (non-hydrogen) atoms. The van der Waals surface area contributed by atoms with Crippen LogP contribution in [0, 0.1) is 5.92 Å². The Morgan fingerprint density at radius 1 is 1.60 bits per heavy atom. The molecule has 3 rings (SSSR count). The van der Waals surface area contributed by atoms with Crippen LogP contribution in [0.3, 0.4) is 0 Å². The van der Waals surface area contributed by atoms with Crippen LogP contribution in [0.4, 0.5) is 0 Å². The molecule has 1 N–H and O–H groups in total. The zero-order valence-corrected chi connectivity index (χ0v) is 10.0. The number of hydrogen-bond acceptors (Lipinski definition) is 3. The number of nitrogens with one attached hydrogen (secondary N) is 1. The molecule has 1 saturated heterocycles. The van der Waals surface area contributed by atoms with Gasteiger partial charge in [-0.25, -0.2) is 4.98 Å². The Balaban J connectivity index is 1.63. The Labute approximate surface area is 95.1 Å². The maximum absolute atomic E-state index is 4.76. The minimum atomic E-state index is 0.691. The van der Waals surface area contributed by atoms with Gasteiger partial charge in [0.15, 0.2) is 0 Å². The third-order valence-corrected chi connectivity index (χ3v) is 4.64. The van der Waals surface area contributed by atoms with Crippen LogP contribution in [0.25, 0.3) is 0 Å². The molecule has 1 aromatic rings. The lowest BCUT2D eigenvalue weighted by atomic mass is 10.1. The molecule has 1 saturated carbocycles. The Kier molecular flexibility index (Phi) is 2.53. The molecule has 2 fully saturated rings.